The Kier molecular flexibility index (Phi) is 4.23. The van der Waals surface area contributed by atoms with Crippen LogP contribution in [-0.4, -0.2) is 30.9 Å². The molecule has 0 atom stereocenters. The molecule has 0 saturated carbocycles. The third-order valence-electron chi connectivity index (χ3n) is 0.960. The van der Waals surface area contributed by atoms with Gasteiger partial charge in [0.25, 0.3) is 0 Å². The van der Waals surface area contributed by atoms with Crippen LogP contribution in [0.2, 0.25) is 0 Å². The van der Waals surface area contributed by atoms with Crippen molar-refractivity contribution >= 4 is 12.3 Å². The number of carbonyl (C=O) groups excluding carboxylic acids is 2. The topological polar surface area (TPSA) is 75.4 Å². The summed E-state index contributed by atoms with van der Waals surface area (Å²) >= 11 is 0. The third kappa shape index (κ3) is 3.85. The molecule has 0 aliphatic heterocycles. The maximum Gasteiger partial charge on any atom is 0.237 e. The lowest BCUT2D eigenvalue weighted by molar-refractivity contribution is -0.130. The predicted octanol–water partition coefficient (Wildman–Crippen LogP) is -1.55. The Morgan fingerprint density at radius 1 is 1.80 bits per heavy atom. The van der Waals surface area contributed by atoms with E-state index in [9.17, 15) is 9.59 Å². The second kappa shape index (κ2) is 4.75. The number of nitrogens with zero attached hydrogens (tertiary/aromatic N) is 1. The molecule has 0 bridgehead atoms. The maximum absolute atomic E-state index is 10.7. The van der Waals surface area contributed by atoms with Gasteiger partial charge in [-0.3, -0.25) is 14.6 Å². The summed E-state index contributed by atoms with van der Waals surface area (Å²) in [5.41, 5.74) is 0. The molecular weight excluding hydrogens is 134 g/mol. The van der Waals surface area contributed by atoms with Crippen molar-refractivity contribution in [3.63, 3.8) is 0 Å². The van der Waals surface area contributed by atoms with E-state index in [1.54, 1.807) is 0 Å². The molecule has 3 N–H and O–H groups in total. The van der Waals surface area contributed by atoms with Crippen molar-refractivity contribution in [1.82, 2.24) is 10.3 Å². The first-order valence-electron chi connectivity index (χ1n) is 2.86. The van der Waals surface area contributed by atoms with Gasteiger partial charge >= 0.3 is 0 Å². The molecule has 0 saturated heterocycles. The normalized spacial score (nSPS) is 8.60. The third-order valence-corrected chi connectivity index (χ3v) is 0.960. The highest BCUT2D eigenvalue weighted by molar-refractivity contribution is 5.75. The molecule has 10 heavy (non-hydrogen) atoms. The SMILES string of the molecule is CN(N)C(=O)CCNC=O. The Hall–Kier alpha value is -1.10. The minimum Gasteiger partial charge on any atom is -0.358 e. The van der Waals surface area contributed by atoms with Crippen LogP contribution in [0.1, 0.15) is 6.42 Å². The average molecular weight is 145 g/mol. The summed E-state index contributed by atoms with van der Waals surface area (Å²) in [7, 11) is 1.46. The van der Waals surface area contributed by atoms with E-state index in [1.807, 2.05) is 0 Å². The molecule has 5 nitrogen and oxygen atoms in total. The van der Waals surface area contributed by atoms with Crippen LogP contribution in [-0.2, 0) is 9.59 Å². The Morgan fingerprint density at radius 3 is 2.80 bits per heavy atom. The van der Waals surface area contributed by atoms with Crippen molar-refractivity contribution in [1.29, 1.82) is 0 Å². The van der Waals surface area contributed by atoms with Gasteiger partial charge in [-0.25, -0.2) is 5.84 Å². The van der Waals surface area contributed by atoms with E-state index in [-0.39, 0.29) is 12.3 Å². The molecule has 0 rings (SSSR count). The van der Waals surface area contributed by atoms with Crippen LogP contribution in [0.15, 0.2) is 0 Å². The molecule has 0 aromatic rings. The monoisotopic (exact) mass is 145 g/mol. The fraction of sp³-hybridized carbons (Fsp3) is 0.600. The van der Waals surface area contributed by atoms with Crippen molar-refractivity contribution in [2.75, 3.05) is 13.6 Å². The zero-order valence-corrected chi connectivity index (χ0v) is 5.83. The number of nitrogens with two attached hydrogens (primary N) is 1. The highest BCUT2D eigenvalue weighted by Gasteiger charge is 2.01. The van der Waals surface area contributed by atoms with Gasteiger partial charge in [0.2, 0.25) is 12.3 Å². The zero-order chi connectivity index (χ0) is 7.98. The highest BCUT2D eigenvalue weighted by atomic mass is 16.2. The van der Waals surface area contributed by atoms with Crippen molar-refractivity contribution in [3.05, 3.63) is 0 Å². The molecule has 0 radical (unpaired) electrons. The molecule has 0 heterocycles. The summed E-state index contributed by atoms with van der Waals surface area (Å²) in [6, 6.07) is 0. The van der Waals surface area contributed by atoms with Crippen molar-refractivity contribution in [3.8, 4) is 0 Å². The first-order chi connectivity index (χ1) is 4.68. The standard InChI is InChI=1S/C5H11N3O2/c1-8(6)5(10)2-3-7-4-9/h4H,2-3,6H2,1H3,(H,7,9). The first kappa shape index (κ1) is 8.90. The number of amides is 2. The number of rotatable bonds is 4. The Morgan fingerprint density at radius 2 is 2.40 bits per heavy atom. The van der Waals surface area contributed by atoms with E-state index in [0.717, 1.165) is 5.01 Å². The maximum atomic E-state index is 10.7. The van der Waals surface area contributed by atoms with Crippen LogP contribution in [0.25, 0.3) is 0 Å². The lowest BCUT2D eigenvalue weighted by Crippen LogP contribution is -2.34. The molecule has 0 spiro atoms. The number of hydrogen-bond donors (Lipinski definition) is 2. The van der Waals surface area contributed by atoms with Crippen LogP contribution in [0.4, 0.5) is 0 Å². The predicted molar refractivity (Wildman–Crippen MR) is 35.6 cm³/mol. The average Bonchev–Trinajstić information content (AvgIpc) is 1.88. The van der Waals surface area contributed by atoms with E-state index < -0.39 is 0 Å². The number of hydrazine groups is 1. The summed E-state index contributed by atoms with van der Waals surface area (Å²) in [5, 5.41) is 3.34. The largest absolute Gasteiger partial charge is 0.358 e. The van der Waals surface area contributed by atoms with Crippen LogP contribution in [0.3, 0.4) is 0 Å². The number of carbonyl (C=O) groups is 2. The van der Waals surface area contributed by atoms with Gasteiger partial charge in [-0.1, -0.05) is 0 Å². The summed E-state index contributed by atoms with van der Waals surface area (Å²) in [5.74, 6) is 4.89. The van der Waals surface area contributed by atoms with Gasteiger partial charge in [0.15, 0.2) is 0 Å². The Balaban J connectivity index is 3.30. The zero-order valence-electron chi connectivity index (χ0n) is 5.83. The van der Waals surface area contributed by atoms with Gasteiger partial charge in [0.1, 0.15) is 0 Å². The molecule has 0 fully saturated rings. The molecular formula is C5H11N3O2. The Labute approximate surface area is 59.1 Å². The van der Waals surface area contributed by atoms with Crippen LogP contribution >= 0.6 is 0 Å². The number of nitrogens with one attached hydrogen (secondary N) is 1. The van der Waals surface area contributed by atoms with Crippen molar-refractivity contribution in [2.24, 2.45) is 5.84 Å². The molecule has 0 aromatic carbocycles. The Bertz CT molecular complexity index is 124. The second-order valence-corrected chi connectivity index (χ2v) is 1.83. The summed E-state index contributed by atoms with van der Waals surface area (Å²) < 4.78 is 0. The van der Waals surface area contributed by atoms with Gasteiger partial charge in [0, 0.05) is 20.0 Å². The van der Waals surface area contributed by atoms with Crippen LogP contribution in [0, 0.1) is 0 Å². The fourth-order valence-electron chi connectivity index (χ4n) is 0.414. The molecule has 0 aliphatic rings. The minimum atomic E-state index is -0.200. The molecule has 0 unspecified atom stereocenters. The second-order valence-electron chi connectivity index (χ2n) is 1.83. The van der Waals surface area contributed by atoms with E-state index in [2.05, 4.69) is 5.32 Å². The minimum absolute atomic E-state index is 0.200. The summed E-state index contributed by atoms with van der Waals surface area (Å²) in [6.07, 6.45) is 0.787. The van der Waals surface area contributed by atoms with Gasteiger partial charge < -0.3 is 5.32 Å². The summed E-state index contributed by atoms with van der Waals surface area (Å²) in [6.45, 7) is 0.337. The fourth-order valence-corrected chi connectivity index (χ4v) is 0.414. The molecule has 58 valence electrons. The van der Waals surface area contributed by atoms with E-state index in [1.165, 1.54) is 7.05 Å². The molecule has 2 amide bonds. The van der Waals surface area contributed by atoms with Crippen LogP contribution in [0.5, 0.6) is 0 Å². The van der Waals surface area contributed by atoms with Gasteiger partial charge in [-0.05, 0) is 0 Å². The quantitative estimate of drug-likeness (QED) is 0.165. The lowest BCUT2D eigenvalue weighted by Gasteiger charge is -2.08. The van der Waals surface area contributed by atoms with E-state index in [0.29, 0.717) is 13.0 Å². The van der Waals surface area contributed by atoms with Crippen molar-refractivity contribution < 1.29 is 9.59 Å². The van der Waals surface area contributed by atoms with Gasteiger partial charge in [0.05, 0.1) is 0 Å². The smallest absolute Gasteiger partial charge is 0.237 e. The van der Waals surface area contributed by atoms with Crippen molar-refractivity contribution in [2.45, 2.75) is 6.42 Å². The van der Waals surface area contributed by atoms with Gasteiger partial charge in [-0.2, -0.15) is 0 Å². The molecule has 0 aliphatic carbocycles. The first-order valence-corrected chi connectivity index (χ1v) is 2.86. The van der Waals surface area contributed by atoms with E-state index in [4.69, 9.17) is 5.84 Å². The van der Waals surface area contributed by atoms with Crippen LogP contribution < -0.4 is 11.2 Å². The van der Waals surface area contributed by atoms with E-state index >= 15 is 0 Å². The molecule has 0 aromatic heterocycles. The number of hydrogen-bond acceptors (Lipinski definition) is 3. The van der Waals surface area contributed by atoms with Gasteiger partial charge in [-0.15, -0.1) is 0 Å². The molecule has 5 heteroatoms. The lowest BCUT2D eigenvalue weighted by atomic mass is 10.4. The highest BCUT2D eigenvalue weighted by Crippen LogP contribution is 1.80. The summed E-state index contributed by atoms with van der Waals surface area (Å²) in [4.78, 5) is 20.4.